The second-order valence-electron chi connectivity index (χ2n) is 2.11. The molecule has 2 aromatic heterocycles. The molecule has 12 heavy (non-hydrogen) atoms. The van der Waals surface area contributed by atoms with Gasteiger partial charge in [0.15, 0.2) is 5.82 Å². The lowest BCUT2D eigenvalue weighted by atomic mass is 10.4. The normalized spacial score (nSPS) is 10.3. The molecule has 0 saturated carbocycles. The summed E-state index contributed by atoms with van der Waals surface area (Å²) in [5.41, 5.74) is 5.88. The van der Waals surface area contributed by atoms with E-state index in [9.17, 15) is 4.79 Å². The zero-order valence-corrected chi connectivity index (χ0v) is 5.87. The number of nitrogens with zero attached hydrogens (tertiary/aromatic N) is 2. The highest BCUT2D eigenvalue weighted by Gasteiger charge is 2.09. The largest absolute Gasteiger partial charge is 0.439 e. The Morgan fingerprint density at radius 2 is 2.42 bits per heavy atom. The van der Waals surface area contributed by atoms with E-state index in [2.05, 4.69) is 24.6 Å². The van der Waals surface area contributed by atoms with E-state index in [0.29, 0.717) is 5.69 Å². The molecular weight excluding hydrogens is 162 g/mol. The van der Waals surface area contributed by atoms with Gasteiger partial charge in [0.2, 0.25) is 5.82 Å². The second-order valence-corrected chi connectivity index (χ2v) is 2.11. The van der Waals surface area contributed by atoms with Crippen LogP contribution in [-0.4, -0.2) is 20.1 Å². The Kier molecular flexibility index (Phi) is 1.23. The number of nitrogens with one attached hydrogen (secondary N) is 2. The van der Waals surface area contributed by atoms with E-state index >= 15 is 0 Å². The third kappa shape index (κ3) is 0.875. The van der Waals surface area contributed by atoms with Crippen molar-refractivity contribution in [2.75, 3.05) is 5.73 Å². The van der Waals surface area contributed by atoms with E-state index < -0.39 is 5.76 Å². The Morgan fingerprint density at radius 1 is 1.58 bits per heavy atom. The number of aromatic amines is 2. The summed E-state index contributed by atoms with van der Waals surface area (Å²) < 4.78 is 4.28. The molecule has 0 saturated heterocycles. The molecule has 2 heterocycles. The molecular formula is C5H5N5O2. The van der Waals surface area contributed by atoms with Crippen LogP contribution in [0.4, 0.5) is 5.82 Å². The third-order valence-corrected chi connectivity index (χ3v) is 1.35. The fourth-order valence-corrected chi connectivity index (χ4v) is 0.832. The summed E-state index contributed by atoms with van der Waals surface area (Å²) >= 11 is 0. The minimum Gasteiger partial charge on any atom is -0.382 e. The van der Waals surface area contributed by atoms with Gasteiger partial charge in [-0.25, -0.2) is 9.78 Å². The molecule has 0 aromatic carbocycles. The Bertz CT molecular complexity index is 438. The average Bonchev–Trinajstić information content (AvgIpc) is 2.58. The molecule has 0 unspecified atom stereocenters. The standard InChI is InChI=1S/C5H5N5O2/c6-3-2(7-1-8-3)4-9-5(11)12-10-4/h1H,6H2,(H,7,8)(H,9,10,11). The Labute approximate surface area is 65.6 Å². The fraction of sp³-hybridized carbons (Fsp3) is 0. The molecule has 4 N–H and O–H groups in total. The van der Waals surface area contributed by atoms with Crippen LogP contribution in [0.2, 0.25) is 0 Å². The number of hydrogen-bond acceptors (Lipinski definition) is 5. The molecule has 0 fully saturated rings. The van der Waals surface area contributed by atoms with Crippen LogP contribution in [0, 0.1) is 0 Å². The number of imidazole rings is 1. The van der Waals surface area contributed by atoms with Gasteiger partial charge in [-0.15, -0.1) is 0 Å². The van der Waals surface area contributed by atoms with Crippen LogP contribution in [0.25, 0.3) is 11.5 Å². The van der Waals surface area contributed by atoms with E-state index in [-0.39, 0.29) is 11.6 Å². The van der Waals surface area contributed by atoms with Gasteiger partial charge < -0.3 is 10.7 Å². The molecule has 0 aliphatic carbocycles. The van der Waals surface area contributed by atoms with Crippen LogP contribution >= 0.6 is 0 Å². The molecule has 2 rings (SSSR count). The van der Waals surface area contributed by atoms with Crippen molar-refractivity contribution in [3.05, 3.63) is 16.9 Å². The smallest absolute Gasteiger partial charge is 0.382 e. The summed E-state index contributed by atoms with van der Waals surface area (Å²) in [6.07, 6.45) is 1.40. The quantitative estimate of drug-likeness (QED) is 0.521. The first kappa shape index (κ1) is 6.65. The first-order valence-electron chi connectivity index (χ1n) is 3.12. The number of nitrogen functional groups attached to an aromatic ring is 1. The summed E-state index contributed by atoms with van der Waals surface area (Å²) in [7, 11) is 0. The van der Waals surface area contributed by atoms with Crippen molar-refractivity contribution in [1.29, 1.82) is 0 Å². The van der Waals surface area contributed by atoms with Gasteiger partial charge in [0.05, 0.1) is 6.33 Å². The number of anilines is 1. The monoisotopic (exact) mass is 167 g/mol. The summed E-state index contributed by atoms with van der Waals surface area (Å²) in [5.74, 6) is -0.117. The maximum atomic E-state index is 10.5. The van der Waals surface area contributed by atoms with E-state index in [4.69, 9.17) is 5.73 Å². The summed E-state index contributed by atoms with van der Waals surface area (Å²) in [6, 6.07) is 0. The molecule has 2 aromatic rings. The average molecular weight is 167 g/mol. The molecule has 0 atom stereocenters. The number of aromatic nitrogens is 4. The topological polar surface area (TPSA) is 114 Å². The predicted molar refractivity (Wildman–Crippen MR) is 39.1 cm³/mol. The molecule has 0 aliphatic heterocycles. The van der Waals surface area contributed by atoms with Gasteiger partial charge in [-0.1, -0.05) is 5.16 Å². The van der Waals surface area contributed by atoms with E-state index in [0.717, 1.165) is 0 Å². The summed E-state index contributed by atoms with van der Waals surface area (Å²) in [4.78, 5) is 19.3. The molecule has 62 valence electrons. The van der Waals surface area contributed by atoms with Crippen molar-refractivity contribution in [3.63, 3.8) is 0 Å². The number of nitrogens with two attached hydrogens (primary N) is 1. The molecule has 7 nitrogen and oxygen atoms in total. The lowest BCUT2D eigenvalue weighted by Crippen LogP contribution is -1.96. The maximum absolute atomic E-state index is 10.5. The molecule has 0 aliphatic rings. The van der Waals surface area contributed by atoms with Gasteiger partial charge in [0, 0.05) is 0 Å². The van der Waals surface area contributed by atoms with E-state index in [1.807, 2.05) is 0 Å². The Morgan fingerprint density at radius 3 is 2.92 bits per heavy atom. The molecule has 0 radical (unpaired) electrons. The van der Waals surface area contributed by atoms with Gasteiger partial charge in [-0.05, 0) is 0 Å². The van der Waals surface area contributed by atoms with Gasteiger partial charge in [0.1, 0.15) is 5.69 Å². The number of hydrogen-bond donors (Lipinski definition) is 3. The first-order valence-corrected chi connectivity index (χ1v) is 3.12. The number of rotatable bonds is 1. The second kappa shape index (κ2) is 2.22. The van der Waals surface area contributed by atoms with Crippen LogP contribution < -0.4 is 11.5 Å². The van der Waals surface area contributed by atoms with Crippen LogP contribution in [0.3, 0.4) is 0 Å². The fourth-order valence-electron chi connectivity index (χ4n) is 0.832. The van der Waals surface area contributed by atoms with Gasteiger partial charge in [-0.3, -0.25) is 9.51 Å². The highest BCUT2D eigenvalue weighted by atomic mass is 16.5. The van der Waals surface area contributed by atoms with Crippen LogP contribution in [0.15, 0.2) is 15.6 Å². The minimum absolute atomic E-state index is 0.245. The number of H-pyrrole nitrogens is 2. The Balaban J connectivity index is 2.57. The van der Waals surface area contributed by atoms with Crippen molar-refractivity contribution in [2.24, 2.45) is 0 Å². The van der Waals surface area contributed by atoms with Gasteiger partial charge >= 0.3 is 5.76 Å². The SMILES string of the molecule is Nc1nc[nH]c1-c1noc(=O)[nH]1. The molecule has 0 spiro atoms. The predicted octanol–water partition coefficient (Wildman–Crippen LogP) is -0.665. The Hall–Kier alpha value is -2.05. The molecule has 0 amide bonds. The lowest BCUT2D eigenvalue weighted by Gasteiger charge is -1.87. The highest BCUT2D eigenvalue weighted by molar-refractivity contribution is 5.62. The third-order valence-electron chi connectivity index (χ3n) is 1.35. The van der Waals surface area contributed by atoms with Crippen LogP contribution in [-0.2, 0) is 0 Å². The zero-order valence-electron chi connectivity index (χ0n) is 5.87. The lowest BCUT2D eigenvalue weighted by molar-refractivity contribution is 0.388. The van der Waals surface area contributed by atoms with Crippen LogP contribution in [0.1, 0.15) is 0 Å². The van der Waals surface area contributed by atoms with Crippen molar-refractivity contribution < 1.29 is 4.52 Å². The van der Waals surface area contributed by atoms with Crippen molar-refractivity contribution >= 4 is 5.82 Å². The first-order chi connectivity index (χ1) is 5.77. The van der Waals surface area contributed by atoms with Gasteiger partial charge in [-0.2, -0.15) is 0 Å². The summed E-state index contributed by atoms with van der Waals surface area (Å²) in [5, 5.41) is 3.42. The van der Waals surface area contributed by atoms with E-state index in [1.165, 1.54) is 6.33 Å². The summed E-state index contributed by atoms with van der Waals surface area (Å²) in [6.45, 7) is 0. The highest BCUT2D eigenvalue weighted by Crippen LogP contribution is 2.15. The van der Waals surface area contributed by atoms with Crippen molar-refractivity contribution in [3.8, 4) is 11.5 Å². The molecule has 0 bridgehead atoms. The molecule has 7 heteroatoms. The maximum Gasteiger partial charge on any atom is 0.439 e. The van der Waals surface area contributed by atoms with E-state index in [1.54, 1.807) is 0 Å². The van der Waals surface area contributed by atoms with Crippen molar-refractivity contribution in [2.45, 2.75) is 0 Å². The van der Waals surface area contributed by atoms with Crippen LogP contribution in [0.5, 0.6) is 0 Å². The van der Waals surface area contributed by atoms with Crippen molar-refractivity contribution in [1.82, 2.24) is 20.1 Å². The van der Waals surface area contributed by atoms with Gasteiger partial charge in [0.25, 0.3) is 0 Å². The zero-order chi connectivity index (χ0) is 8.55. The minimum atomic E-state index is -0.626.